The van der Waals surface area contributed by atoms with Crippen LogP contribution in [0.1, 0.15) is 47.9 Å². The summed E-state index contributed by atoms with van der Waals surface area (Å²) in [6, 6.07) is 11.6. The molecule has 2 fully saturated rings. The first-order valence-electron chi connectivity index (χ1n) is 13.2. The Balaban J connectivity index is 1.01. The van der Waals surface area contributed by atoms with Gasteiger partial charge in [0.05, 0.1) is 28.8 Å². The van der Waals surface area contributed by atoms with E-state index in [1.165, 1.54) is 24.7 Å². The normalized spacial score (nSPS) is 18.4. The van der Waals surface area contributed by atoms with Crippen molar-refractivity contribution in [2.75, 3.05) is 5.32 Å². The standard InChI is InChI=1S/C28H23ClN10O/c29-18-4-5-25(39-15-31-35-36-39)21(9-18)20-10-22(20)28(40)33-27-23-14-38(34-24(23)7-8-30-27)13-19-12-37-11-17(16-1-2-16)3-6-26(37)32-19/h3-9,11-12,14-16,20,22H,1-2,10,13H2,(H,30,33,40)/t20-,22+/m1/s1. The average Bonchev–Trinajstić information content (AvgIpc) is 3.81. The van der Waals surface area contributed by atoms with E-state index >= 15 is 0 Å². The van der Waals surface area contributed by atoms with Crippen LogP contribution in [0.5, 0.6) is 0 Å². The number of anilines is 1. The zero-order valence-electron chi connectivity index (χ0n) is 21.2. The molecule has 0 bridgehead atoms. The second kappa shape index (κ2) is 8.95. The maximum absolute atomic E-state index is 13.3. The lowest BCUT2D eigenvalue weighted by atomic mass is 10.1. The van der Waals surface area contributed by atoms with Gasteiger partial charge in [-0.2, -0.15) is 5.10 Å². The van der Waals surface area contributed by atoms with Crippen LogP contribution in [0.4, 0.5) is 5.82 Å². The molecule has 0 aliphatic heterocycles. The van der Waals surface area contributed by atoms with E-state index in [2.05, 4.69) is 54.8 Å². The van der Waals surface area contributed by atoms with E-state index in [-0.39, 0.29) is 17.7 Å². The van der Waals surface area contributed by atoms with Crippen LogP contribution < -0.4 is 5.32 Å². The van der Waals surface area contributed by atoms with Crippen LogP contribution in [0, 0.1) is 5.92 Å². The quantitative estimate of drug-likeness (QED) is 0.313. The fourth-order valence-electron chi connectivity index (χ4n) is 5.48. The maximum Gasteiger partial charge on any atom is 0.229 e. The maximum atomic E-state index is 13.3. The summed E-state index contributed by atoms with van der Waals surface area (Å²) >= 11 is 6.29. The molecule has 0 radical (unpaired) electrons. The van der Waals surface area contributed by atoms with Gasteiger partial charge in [0, 0.05) is 35.7 Å². The predicted octanol–water partition coefficient (Wildman–Crippen LogP) is 4.38. The van der Waals surface area contributed by atoms with Gasteiger partial charge >= 0.3 is 0 Å². The number of hydrogen-bond acceptors (Lipinski definition) is 7. The summed E-state index contributed by atoms with van der Waals surface area (Å²) < 4.78 is 5.52. The van der Waals surface area contributed by atoms with E-state index in [0.29, 0.717) is 29.7 Å². The number of halogens is 1. The van der Waals surface area contributed by atoms with Crippen LogP contribution in [-0.4, -0.2) is 50.3 Å². The molecule has 1 amide bonds. The minimum Gasteiger partial charge on any atom is -0.310 e. The third-order valence-corrected chi connectivity index (χ3v) is 7.97. The van der Waals surface area contributed by atoms with Crippen LogP contribution >= 0.6 is 11.6 Å². The Morgan fingerprint density at radius 1 is 1.10 bits per heavy atom. The van der Waals surface area contributed by atoms with Crippen molar-refractivity contribution in [3.8, 4) is 5.69 Å². The number of aromatic nitrogens is 9. The third kappa shape index (κ3) is 4.19. The summed E-state index contributed by atoms with van der Waals surface area (Å²) in [5.74, 6) is 0.898. The molecule has 2 aliphatic rings. The summed E-state index contributed by atoms with van der Waals surface area (Å²) in [6.07, 6.45) is 12.6. The number of rotatable bonds is 7. The summed E-state index contributed by atoms with van der Waals surface area (Å²) in [5, 5.41) is 20.6. The molecule has 40 heavy (non-hydrogen) atoms. The molecule has 0 unspecified atom stereocenters. The van der Waals surface area contributed by atoms with Gasteiger partial charge in [-0.3, -0.25) is 9.48 Å². The number of amides is 1. The number of carbonyl (C=O) groups excluding carboxylic acids is 1. The number of imidazole rings is 1. The third-order valence-electron chi connectivity index (χ3n) is 7.73. The number of benzene rings is 1. The second-order valence-electron chi connectivity index (χ2n) is 10.5. The first kappa shape index (κ1) is 23.3. The van der Waals surface area contributed by atoms with Crippen LogP contribution in [-0.2, 0) is 11.3 Å². The molecule has 5 aromatic heterocycles. The predicted molar refractivity (Wildman–Crippen MR) is 147 cm³/mol. The van der Waals surface area contributed by atoms with Crippen LogP contribution in [0.2, 0.25) is 5.02 Å². The van der Waals surface area contributed by atoms with Gasteiger partial charge in [0.1, 0.15) is 17.8 Å². The van der Waals surface area contributed by atoms with Crippen molar-refractivity contribution in [1.82, 2.24) is 44.4 Å². The fraction of sp³-hybridized carbons (Fsp3) is 0.250. The number of tetrazole rings is 1. The van der Waals surface area contributed by atoms with Crippen molar-refractivity contribution in [1.29, 1.82) is 0 Å². The Bertz CT molecular complexity index is 1910. The summed E-state index contributed by atoms with van der Waals surface area (Å²) in [7, 11) is 0. The number of nitrogens with one attached hydrogen (secondary N) is 1. The Morgan fingerprint density at radius 3 is 2.88 bits per heavy atom. The van der Waals surface area contributed by atoms with Gasteiger partial charge in [-0.1, -0.05) is 17.7 Å². The molecule has 198 valence electrons. The molecular formula is C28H23ClN10O. The van der Waals surface area contributed by atoms with E-state index in [1.54, 1.807) is 16.9 Å². The smallest absolute Gasteiger partial charge is 0.229 e. The minimum atomic E-state index is -0.209. The molecule has 0 saturated heterocycles. The van der Waals surface area contributed by atoms with E-state index in [4.69, 9.17) is 21.7 Å². The first-order chi connectivity index (χ1) is 19.6. The number of fused-ring (bicyclic) bond motifs is 2. The zero-order chi connectivity index (χ0) is 26.8. The number of nitrogens with zero attached hydrogens (tertiary/aromatic N) is 9. The monoisotopic (exact) mass is 550 g/mol. The topological polar surface area (TPSA) is 121 Å². The van der Waals surface area contributed by atoms with E-state index in [0.717, 1.165) is 33.5 Å². The molecule has 12 heteroatoms. The Kier molecular flexibility index (Phi) is 5.21. The van der Waals surface area contributed by atoms with Gasteiger partial charge in [-0.25, -0.2) is 14.6 Å². The van der Waals surface area contributed by atoms with Crippen molar-refractivity contribution in [2.24, 2.45) is 5.92 Å². The van der Waals surface area contributed by atoms with Crippen molar-refractivity contribution in [3.05, 3.63) is 89.4 Å². The second-order valence-corrected chi connectivity index (χ2v) is 11.0. The Hall–Kier alpha value is -4.64. The first-order valence-corrected chi connectivity index (χ1v) is 13.6. The summed E-state index contributed by atoms with van der Waals surface area (Å²) in [4.78, 5) is 22.5. The fourth-order valence-corrected chi connectivity index (χ4v) is 5.66. The highest BCUT2D eigenvalue weighted by atomic mass is 35.5. The highest BCUT2D eigenvalue weighted by Gasteiger charge is 2.45. The molecule has 11 nitrogen and oxygen atoms in total. The lowest BCUT2D eigenvalue weighted by Gasteiger charge is -2.09. The Morgan fingerprint density at radius 2 is 2.02 bits per heavy atom. The SMILES string of the molecule is O=C(Nc1nccc2nn(Cc3cn4cc(C5CC5)ccc4n3)cc12)[C@H]1C[C@@H]1c1cc(Cl)ccc1-n1cnnn1. The molecule has 1 N–H and O–H groups in total. The van der Waals surface area contributed by atoms with Crippen LogP contribution in [0.3, 0.4) is 0 Å². The molecule has 6 aromatic rings. The van der Waals surface area contributed by atoms with Gasteiger partial charge in [0.2, 0.25) is 5.91 Å². The average molecular weight is 551 g/mol. The highest BCUT2D eigenvalue weighted by Crippen LogP contribution is 2.50. The van der Waals surface area contributed by atoms with E-state index in [9.17, 15) is 4.79 Å². The largest absolute Gasteiger partial charge is 0.310 e. The molecule has 1 aromatic carbocycles. The van der Waals surface area contributed by atoms with E-state index < -0.39 is 0 Å². The molecular weight excluding hydrogens is 528 g/mol. The minimum absolute atomic E-state index is 0.00954. The highest BCUT2D eigenvalue weighted by molar-refractivity contribution is 6.30. The van der Waals surface area contributed by atoms with Crippen molar-refractivity contribution >= 4 is 39.9 Å². The van der Waals surface area contributed by atoms with E-state index in [1.807, 2.05) is 29.1 Å². The van der Waals surface area contributed by atoms with Crippen LogP contribution in [0.15, 0.2) is 67.5 Å². The van der Waals surface area contributed by atoms with Gasteiger partial charge in [0.25, 0.3) is 0 Å². The molecule has 8 rings (SSSR count). The van der Waals surface area contributed by atoms with Gasteiger partial charge in [-0.05, 0) is 83.0 Å². The Labute approximate surface area is 232 Å². The number of pyridine rings is 2. The van der Waals surface area contributed by atoms with Gasteiger partial charge in [-0.15, -0.1) is 5.10 Å². The number of carbonyl (C=O) groups is 1. The van der Waals surface area contributed by atoms with Gasteiger partial charge in [0.15, 0.2) is 0 Å². The molecule has 2 aliphatic carbocycles. The van der Waals surface area contributed by atoms with Gasteiger partial charge < -0.3 is 9.72 Å². The summed E-state index contributed by atoms with van der Waals surface area (Å²) in [6.45, 7) is 0.516. The molecule has 0 spiro atoms. The summed E-state index contributed by atoms with van der Waals surface area (Å²) in [5.41, 5.74) is 5.72. The molecule has 2 saturated carbocycles. The lowest BCUT2D eigenvalue weighted by Crippen LogP contribution is -2.16. The van der Waals surface area contributed by atoms with Crippen molar-refractivity contribution < 1.29 is 4.79 Å². The number of hydrogen-bond donors (Lipinski definition) is 1. The van der Waals surface area contributed by atoms with Crippen LogP contribution in [0.25, 0.3) is 22.2 Å². The lowest BCUT2D eigenvalue weighted by molar-refractivity contribution is -0.117. The van der Waals surface area contributed by atoms with Crippen molar-refractivity contribution in [2.45, 2.75) is 37.6 Å². The zero-order valence-corrected chi connectivity index (χ0v) is 22.0. The molecule has 5 heterocycles. The molecule has 2 atom stereocenters. The van der Waals surface area contributed by atoms with Crippen molar-refractivity contribution in [3.63, 3.8) is 0 Å².